The SMILES string of the molecule is Cc1cc(Cl)cc(O)c1-c1ccc(N2CCO[C@@H]3CCN(CCF)C[C@@H]32)nn1. The number of phenols is 1. The quantitative estimate of drug-likeness (QED) is 0.842. The van der Waals surface area contributed by atoms with E-state index in [1.54, 1.807) is 6.07 Å². The van der Waals surface area contributed by atoms with Gasteiger partial charge in [0, 0.05) is 36.8 Å². The number of rotatable bonds is 4. The second kappa shape index (κ2) is 8.19. The Morgan fingerprint density at radius 2 is 2.14 bits per heavy atom. The van der Waals surface area contributed by atoms with Gasteiger partial charge in [0.15, 0.2) is 5.82 Å². The molecule has 0 amide bonds. The summed E-state index contributed by atoms with van der Waals surface area (Å²) in [6, 6.07) is 7.23. The molecule has 1 aromatic carbocycles. The van der Waals surface area contributed by atoms with Crippen LogP contribution in [0.2, 0.25) is 5.02 Å². The van der Waals surface area contributed by atoms with Gasteiger partial charge in [0.05, 0.1) is 24.4 Å². The zero-order valence-electron chi connectivity index (χ0n) is 15.8. The molecule has 150 valence electrons. The molecule has 0 spiro atoms. The topological polar surface area (TPSA) is 61.7 Å². The number of nitrogens with zero attached hydrogens (tertiary/aromatic N) is 4. The number of fused-ring (bicyclic) bond motifs is 1. The minimum absolute atomic E-state index is 0.0904. The zero-order chi connectivity index (χ0) is 19.7. The average Bonchev–Trinajstić information content (AvgIpc) is 2.67. The number of aromatic nitrogens is 2. The maximum atomic E-state index is 12.8. The summed E-state index contributed by atoms with van der Waals surface area (Å²) in [6.07, 6.45) is 1.03. The summed E-state index contributed by atoms with van der Waals surface area (Å²) in [5.74, 6) is 0.864. The first-order chi connectivity index (χ1) is 13.6. The van der Waals surface area contributed by atoms with Gasteiger partial charge in [0.2, 0.25) is 0 Å². The number of aromatic hydroxyl groups is 1. The Labute approximate surface area is 168 Å². The Bertz CT molecular complexity index is 812. The van der Waals surface area contributed by atoms with Gasteiger partial charge in [-0.15, -0.1) is 10.2 Å². The van der Waals surface area contributed by atoms with Crippen LogP contribution in [0.15, 0.2) is 24.3 Å². The van der Waals surface area contributed by atoms with Crippen molar-refractivity contribution >= 4 is 17.4 Å². The van der Waals surface area contributed by atoms with Crippen LogP contribution < -0.4 is 4.90 Å². The molecule has 3 heterocycles. The van der Waals surface area contributed by atoms with Crippen LogP contribution in [0.5, 0.6) is 5.75 Å². The molecule has 0 radical (unpaired) electrons. The summed E-state index contributed by atoms with van der Waals surface area (Å²) in [6.45, 7) is 4.99. The summed E-state index contributed by atoms with van der Waals surface area (Å²) >= 11 is 5.99. The minimum atomic E-state index is -0.337. The largest absolute Gasteiger partial charge is 0.507 e. The molecular weight excluding hydrogens is 383 g/mol. The van der Waals surface area contributed by atoms with Gasteiger partial charge in [-0.3, -0.25) is 4.90 Å². The number of likely N-dealkylation sites (tertiary alicyclic amines) is 1. The fourth-order valence-corrected chi connectivity index (χ4v) is 4.48. The lowest BCUT2D eigenvalue weighted by Gasteiger charge is -2.47. The van der Waals surface area contributed by atoms with Crippen molar-refractivity contribution in [2.45, 2.75) is 25.5 Å². The Morgan fingerprint density at radius 1 is 1.29 bits per heavy atom. The molecular formula is C20H24ClFN4O2. The third-order valence-corrected chi connectivity index (χ3v) is 5.77. The summed E-state index contributed by atoms with van der Waals surface area (Å²) in [5.41, 5.74) is 2.07. The number of hydrogen-bond acceptors (Lipinski definition) is 6. The predicted molar refractivity (Wildman–Crippen MR) is 107 cm³/mol. The van der Waals surface area contributed by atoms with Crippen LogP contribution in [0.25, 0.3) is 11.3 Å². The van der Waals surface area contributed by atoms with Crippen LogP contribution in [0.3, 0.4) is 0 Å². The number of benzene rings is 1. The van der Waals surface area contributed by atoms with Crippen LogP contribution >= 0.6 is 11.6 Å². The Kier molecular flexibility index (Phi) is 5.66. The minimum Gasteiger partial charge on any atom is -0.507 e. The molecule has 2 aliphatic rings. The second-order valence-electron chi connectivity index (χ2n) is 7.34. The van der Waals surface area contributed by atoms with E-state index in [1.807, 2.05) is 19.1 Å². The lowest BCUT2D eigenvalue weighted by molar-refractivity contribution is -0.0298. The van der Waals surface area contributed by atoms with Gasteiger partial charge in [0.25, 0.3) is 0 Å². The van der Waals surface area contributed by atoms with E-state index in [0.29, 0.717) is 29.4 Å². The van der Waals surface area contributed by atoms with Crippen LogP contribution in [-0.2, 0) is 4.74 Å². The number of anilines is 1. The van der Waals surface area contributed by atoms with E-state index < -0.39 is 0 Å². The third kappa shape index (κ3) is 3.79. The van der Waals surface area contributed by atoms with Crippen molar-refractivity contribution in [3.8, 4) is 17.0 Å². The van der Waals surface area contributed by atoms with Crippen LogP contribution in [-0.4, -0.2) is 71.8 Å². The molecule has 1 aromatic heterocycles. The van der Waals surface area contributed by atoms with Gasteiger partial charge in [0.1, 0.15) is 12.4 Å². The van der Waals surface area contributed by atoms with E-state index in [0.717, 1.165) is 37.4 Å². The number of ether oxygens (including phenoxy) is 1. The summed E-state index contributed by atoms with van der Waals surface area (Å²) in [7, 11) is 0. The highest BCUT2D eigenvalue weighted by atomic mass is 35.5. The highest BCUT2D eigenvalue weighted by molar-refractivity contribution is 6.31. The molecule has 2 aliphatic heterocycles. The average molecular weight is 407 g/mol. The molecule has 0 aliphatic carbocycles. The molecule has 0 saturated carbocycles. The number of halogens is 2. The number of alkyl halides is 1. The first kappa shape index (κ1) is 19.4. The number of morpholine rings is 1. The van der Waals surface area contributed by atoms with E-state index >= 15 is 0 Å². The van der Waals surface area contributed by atoms with Gasteiger partial charge >= 0.3 is 0 Å². The highest BCUT2D eigenvalue weighted by Gasteiger charge is 2.37. The molecule has 0 bridgehead atoms. The van der Waals surface area contributed by atoms with E-state index in [9.17, 15) is 9.50 Å². The molecule has 6 nitrogen and oxygen atoms in total. The predicted octanol–water partition coefficient (Wildman–Crippen LogP) is 3.06. The van der Waals surface area contributed by atoms with Crippen molar-refractivity contribution in [1.29, 1.82) is 0 Å². The monoisotopic (exact) mass is 406 g/mol. The van der Waals surface area contributed by atoms with Crippen molar-refractivity contribution in [1.82, 2.24) is 15.1 Å². The van der Waals surface area contributed by atoms with Gasteiger partial charge < -0.3 is 14.7 Å². The van der Waals surface area contributed by atoms with Crippen molar-refractivity contribution in [3.05, 3.63) is 34.9 Å². The lowest BCUT2D eigenvalue weighted by Crippen LogP contribution is -2.60. The first-order valence-corrected chi connectivity index (χ1v) is 9.94. The maximum Gasteiger partial charge on any atom is 0.151 e. The molecule has 4 rings (SSSR count). The number of piperidine rings is 1. The van der Waals surface area contributed by atoms with Crippen molar-refractivity contribution < 1.29 is 14.2 Å². The molecule has 2 atom stereocenters. The second-order valence-corrected chi connectivity index (χ2v) is 7.78. The molecule has 2 fully saturated rings. The third-order valence-electron chi connectivity index (χ3n) is 5.55. The molecule has 8 heteroatoms. The molecule has 0 unspecified atom stereocenters. The summed E-state index contributed by atoms with van der Waals surface area (Å²) < 4.78 is 18.7. The molecule has 2 saturated heterocycles. The van der Waals surface area contributed by atoms with Crippen molar-refractivity contribution in [2.75, 3.05) is 44.4 Å². The van der Waals surface area contributed by atoms with Crippen LogP contribution in [0.4, 0.5) is 10.2 Å². The van der Waals surface area contributed by atoms with Gasteiger partial charge in [-0.2, -0.15) is 0 Å². The normalized spacial score (nSPS) is 22.9. The highest BCUT2D eigenvalue weighted by Crippen LogP contribution is 2.34. The Hall–Kier alpha value is -1.96. The fourth-order valence-electron chi connectivity index (χ4n) is 4.22. The zero-order valence-corrected chi connectivity index (χ0v) is 16.6. The smallest absolute Gasteiger partial charge is 0.151 e. The standard InChI is InChI=1S/C20H24ClFN4O2/c1-13-10-14(21)11-17(27)20(13)15-2-3-19(24-23-15)26-8-9-28-18-4-6-25(7-5-22)12-16(18)26/h2-3,10-11,16,18,27H,4-9,12H2,1H3/t16-,18+/m0/s1. The van der Waals surface area contributed by atoms with E-state index in [2.05, 4.69) is 20.0 Å². The Morgan fingerprint density at radius 3 is 2.86 bits per heavy atom. The molecule has 1 N–H and O–H groups in total. The molecule has 2 aromatic rings. The Balaban J connectivity index is 1.58. The van der Waals surface area contributed by atoms with Crippen LogP contribution in [0, 0.1) is 6.92 Å². The van der Waals surface area contributed by atoms with E-state index in [1.165, 1.54) is 6.07 Å². The van der Waals surface area contributed by atoms with Gasteiger partial charge in [-0.1, -0.05) is 11.6 Å². The summed E-state index contributed by atoms with van der Waals surface area (Å²) in [5, 5.41) is 19.5. The maximum absolute atomic E-state index is 12.8. The van der Waals surface area contributed by atoms with Crippen LogP contribution in [0.1, 0.15) is 12.0 Å². The first-order valence-electron chi connectivity index (χ1n) is 9.56. The number of phenolic OH excluding ortho intramolecular Hbond substituents is 1. The number of hydrogen-bond donors (Lipinski definition) is 1. The fraction of sp³-hybridized carbons (Fsp3) is 0.500. The van der Waals surface area contributed by atoms with E-state index in [4.69, 9.17) is 16.3 Å². The number of aryl methyl sites for hydroxylation is 1. The lowest BCUT2D eigenvalue weighted by atomic mass is 9.98. The van der Waals surface area contributed by atoms with E-state index in [-0.39, 0.29) is 24.6 Å². The van der Waals surface area contributed by atoms with Gasteiger partial charge in [-0.05, 0) is 43.2 Å². The molecule has 28 heavy (non-hydrogen) atoms. The summed E-state index contributed by atoms with van der Waals surface area (Å²) in [4.78, 5) is 4.35. The van der Waals surface area contributed by atoms with Gasteiger partial charge in [-0.25, -0.2) is 4.39 Å². The van der Waals surface area contributed by atoms with Crippen molar-refractivity contribution in [3.63, 3.8) is 0 Å². The van der Waals surface area contributed by atoms with Crippen molar-refractivity contribution in [2.24, 2.45) is 0 Å².